The Morgan fingerprint density at radius 3 is 1.53 bits per heavy atom. The van der Waals surface area contributed by atoms with Crippen LogP contribution in [0.25, 0.3) is 0 Å². The monoisotopic (exact) mass is 506 g/mol. The van der Waals surface area contributed by atoms with Crippen LogP contribution in [0.3, 0.4) is 0 Å². The van der Waals surface area contributed by atoms with Crippen LogP contribution >= 0.6 is 0 Å². The highest BCUT2D eigenvalue weighted by atomic mass is 32.2. The van der Waals surface area contributed by atoms with Crippen molar-refractivity contribution in [1.82, 2.24) is 0 Å². The summed E-state index contributed by atoms with van der Waals surface area (Å²) in [6.45, 7) is 4.93. The molecule has 0 atom stereocenters. The van der Waals surface area contributed by atoms with E-state index in [4.69, 9.17) is 13.1 Å². The lowest BCUT2D eigenvalue weighted by Crippen LogP contribution is -2.16. The highest BCUT2D eigenvalue weighted by Gasteiger charge is 2.29. The fraction of sp³-hybridized carbons (Fsp3) is 0.174. The van der Waals surface area contributed by atoms with Gasteiger partial charge in [-0.05, 0) is 45.0 Å². The van der Waals surface area contributed by atoms with Crippen molar-refractivity contribution >= 4 is 26.2 Å². The Bertz CT molecular complexity index is 1440. The zero-order chi connectivity index (χ0) is 25.3. The number of hydrogen-bond donors (Lipinski definition) is 1. The van der Waals surface area contributed by atoms with E-state index < -0.39 is 37.5 Å². The summed E-state index contributed by atoms with van der Waals surface area (Å²) in [5.74, 6) is -2.86. The van der Waals surface area contributed by atoms with E-state index in [2.05, 4.69) is 0 Å². The van der Waals surface area contributed by atoms with Crippen LogP contribution in [0, 0.1) is 20.8 Å². The van der Waals surface area contributed by atoms with E-state index in [9.17, 15) is 26.7 Å². The number of benzene rings is 3. The fourth-order valence-electron chi connectivity index (χ4n) is 3.06. The molecule has 0 spiro atoms. The number of aromatic carboxylic acids is 1. The fourth-order valence-corrected chi connectivity index (χ4v) is 4.97. The number of carbonyl (C=O) groups is 1. The highest BCUT2D eigenvalue weighted by molar-refractivity contribution is 7.87. The van der Waals surface area contributed by atoms with Crippen LogP contribution < -0.4 is 13.1 Å². The second-order valence-corrected chi connectivity index (χ2v) is 10.5. The minimum Gasteiger partial charge on any atom is -0.495 e. The second kappa shape index (κ2) is 9.35. The lowest BCUT2D eigenvalue weighted by Gasteiger charge is -2.18. The molecule has 34 heavy (non-hydrogen) atoms. The van der Waals surface area contributed by atoms with Gasteiger partial charge < -0.3 is 18.2 Å². The van der Waals surface area contributed by atoms with E-state index in [1.54, 1.807) is 38.1 Å². The molecule has 9 nitrogen and oxygen atoms in total. The van der Waals surface area contributed by atoms with Crippen molar-refractivity contribution < 1.29 is 39.8 Å². The second-order valence-electron chi connectivity index (χ2n) is 7.41. The van der Waals surface area contributed by atoms with Gasteiger partial charge in [-0.25, -0.2) is 4.79 Å². The van der Waals surface area contributed by atoms with E-state index in [1.807, 2.05) is 0 Å². The Morgan fingerprint density at radius 2 is 1.15 bits per heavy atom. The van der Waals surface area contributed by atoms with Crippen molar-refractivity contribution in [3.05, 3.63) is 76.9 Å². The molecular formula is C23H22O9S2. The lowest BCUT2D eigenvalue weighted by molar-refractivity contribution is 0.0691. The maximum atomic E-state index is 12.8. The van der Waals surface area contributed by atoms with Gasteiger partial charge in [-0.15, -0.1) is 0 Å². The van der Waals surface area contributed by atoms with Gasteiger partial charge in [0, 0.05) is 11.6 Å². The average Bonchev–Trinajstić information content (AvgIpc) is 2.75. The molecule has 0 fully saturated rings. The molecule has 0 saturated heterocycles. The zero-order valence-electron chi connectivity index (χ0n) is 18.7. The number of methoxy groups -OCH3 is 1. The first-order chi connectivity index (χ1) is 15.9. The minimum absolute atomic E-state index is 0.0238. The Kier molecular flexibility index (Phi) is 6.89. The van der Waals surface area contributed by atoms with E-state index >= 15 is 0 Å². The van der Waals surface area contributed by atoms with Crippen LogP contribution in [0.1, 0.15) is 27.0 Å². The number of aryl methyl sites for hydroxylation is 2. The van der Waals surface area contributed by atoms with E-state index in [0.29, 0.717) is 0 Å². The molecule has 0 aliphatic heterocycles. The number of carboxylic acid groups (broad SMARTS) is 1. The summed E-state index contributed by atoms with van der Waals surface area (Å²) in [6.07, 6.45) is 0. The van der Waals surface area contributed by atoms with Crippen molar-refractivity contribution in [2.45, 2.75) is 30.6 Å². The first-order valence-electron chi connectivity index (χ1n) is 9.83. The predicted octanol–water partition coefficient (Wildman–Crippen LogP) is 3.85. The molecule has 0 amide bonds. The van der Waals surface area contributed by atoms with Crippen LogP contribution in [-0.4, -0.2) is 35.0 Å². The van der Waals surface area contributed by atoms with Crippen LogP contribution in [0.2, 0.25) is 0 Å². The number of carboxylic acids is 1. The molecule has 0 radical (unpaired) electrons. The molecule has 0 saturated carbocycles. The molecule has 0 aliphatic carbocycles. The molecule has 0 aliphatic rings. The van der Waals surface area contributed by atoms with Gasteiger partial charge in [0.15, 0.2) is 11.5 Å². The first kappa shape index (κ1) is 25.1. The lowest BCUT2D eigenvalue weighted by atomic mass is 10.1. The smallest absolute Gasteiger partial charge is 0.343 e. The van der Waals surface area contributed by atoms with Crippen LogP contribution in [0.4, 0.5) is 0 Å². The Morgan fingerprint density at radius 1 is 0.735 bits per heavy atom. The maximum absolute atomic E-state index is 12.8. The molecular weight excluding hydrogens is 484 g/mol. The van der Waals surface area contributed by atoms with E-state index in [0.717, 1.165) is 24.3 Å². The van der Waals surface area contributed by atoms with Crippen molar-refractivity contribution in [1.29, 1.82) is 0 Å². The first-order valence-corrected chi connectivity index (χ1v) is 12.6. The van der Waals surface area contributed by atoms with Gasteiger partial charge in [0.25, 0.3) is 0 Å². The van der Waals surface area contributed by atoms with Gasteiger partial charge in [-0.2, -0.15) is 16.8 Å². The van der Waals surface area contributed by atoms with Crippen LogP contribution in [0.5, 0.6) is 17.2 Å². The highest BCUT2D eigenvalue weighted by Crippen LogP contribution is 2.41. The van der Waals surface area contributed by atoms with Crippen molar-refractivity contribution in [3.8, 4) is 17.2 Å². The number of ether oxygens (including phenoxy) is 1. The summed E-state index contributed by atoms with van der Waals surface area (Å²) in [5.41, 5.74) is 1.06. The normalized spacial score (nSPS) is 11.6. The molecule has 1 N–H and O–H groups in total. The Labute approximate surface area is 197 Å². The van der Waals surface area contributed by atoms with Gasteiger partial charge in [-0.1, -0.05) is 35.4 Å². The quantitative estimate of drug-likeness (QED) is 0.452. The molecule has 11 heteroatoms. The molecule has 3 rings (SSSR count). The Balaban J connectivity index is 2.14. The third-order valence-corrected chi connectivity index (χ3v) is 7.38. The molecule has 0 heterocycles. The van der Waals surface area contributed by atoms with Crippen molar-refractivity contribution in [2.75, 3.05) is 7.11 Å². The van der Waals surface area contributed by atoms with Gasteiger partial charge in [-0.3, -0.25) is 0 Å². The molecule has 0 bridgehead atoms. The van der Waals surface area contributed by atoms with Crippen molar-refractivity contribution in [3.63, 3.8) is 0 Å². The molecule has 180 valence electrons. The minimum atomic E-state index is -4.47. The summed E-state index contributed by atoms with van der Waals surface area (Å²) in [6, 6.07) is 12.5. The van der Waals surface area contributed by atoms with Crippen molar-refractivity contribution in [2.24, 2.45) is 0 Å². The maximum Gasteiger partial charge on any atom is 0.343 e. The standard InChI is InChI=1S/C23H22O9S2/c1-14-5-9-17(10-6-14)33(26,27)31-19-13-20(21(23(24)25)22(30-4)16(19)3)32-34(28,29)18-11-7-15(2)8-12-18/h5-13H,1-4H3,(H,24,25). The van der Waals surface area contributed by atoms with Gasteiger partial charge >= 0.3 is 26.2 Å². The summed E-state index contributed by atoms with van der Waals surface area (Å²) >= 11 is 0. The van der Waals surface area contributed by atoms with Gasteiger partial charge in [0.1, 0.15) is 21.1 Å². The van der Waals surface area contributed by atoms with Crippen LogP contribution in [-0.2, 0) is 20.2 Å². The average molecular weight is 507 g/mol. The molecule has 3 aromatic rings. The Hall–Kier alpha value is -3.57. The molecule has 0 unspecified atom stereocenters. The number of hydrogen-bond acceptors (Lipinski definition) is 8. The van der Waals surface area contributed by atoms with Crippen LogP contribution in [0.15, 0.2) is 64.4 Å². The zero-order valence-corrected chi connectivity index (χ0v) is 20.4. The van der Waals surface area contributed by atoms with Gasteiger partial charge in [0.05, 0.1) is 7.11 Å². The van der Waals surface area contributed by atoms with E-state index in [1.165, 1.54) is 31.2 Å². The largest absolute Gasteiger partial charge is 0.495 e. The SMILES string of the molecule is COc1c(C)c(OS(=O)(=O)c2ccc(C)cc2)cc(OS(=O)(=O)c2ccc(C)cc2)c1C(=O)O. The summed E-state index contributed by atoms with van der Waals surface area (Å²) in [7, 11) is -7.64. The summed E-state index contributed by atoms with van der Waals surface area (Å²) in [5, 5.41) is 9.72. The molecule has 3 aromatic carbocycles. The summed E-state index contributed by atoms with van der Waals surface area (Å²) in [4.78, 5) is 11.6. The molecule has 0 aromatic heterocycles. The third kappa shape index (κ3) is 5.15. The number of rotatable bonds is 8. The topological polar surface area (TPSA) is 133 Å². The van der Waals surface area contributed by atoms with Gasteiger partial charge in [0.2, 0.25) is 0 Å². The predicted molar refractivity (Wildman–Crippen MR) is 123 cm³/mol. The summed E-state index contributed by atoms with van der Waals surface area (Å²) < 4.78 is 66.7. The third-order valence-electron chi connectivity index (χ3n) is 4.88. The van der Waals surface area contributed by atoms with E-state index in [-0.39, 0.29) is 26.9 Å².